The molecule has 8 rings (SSSR count). The lowest BCUT2D eigenvalue weighted by atomic mass is 9.80. The number of ether oxygens (including phenoxy) is 16. The van der Waals surface area contributed by atoms with E-state index < -0.39 is 107 Å². The third-order valence-electron chi connectivity index (χ3n) is 20.9. The van der Waals surface area contributed by atoms with Crippen molar-refractivity contribution in [2.75, 3.05) is 185 Å². The second-order valence-corrected chi connectivity index (χ2v) is 31.6. The smallest absolute Gasteiger partial charge is 0.333 e. The van der Waals surface area contributed by atoms with Crippen molar-refractivity contribution in [3.05, 3.63) is 215 Å². The number of benzene rings is 3. The molecule has 760 valence electrons. The molecule has 1 unspecified atom stereocenters. The lowest BCUT2D eigenvalue weighted by Crippen LogP contribution is -2.40. The maximum Gasteiger partial charge on any atom is 0.333 e. The van der Waals surface area contributed by atoms with Crippen LogP contribution in [0.25, 0.3) is 0 Å². The number of rotatable bonds is 50. The van der Waals surface area contributed by atoms with Crippen LogP contribution in [-0.4, -0.2) is 327 Å². The fourth-order valence-corrected chi connectivity index (χ4v) is 14.5. The monoisotopic (exact) mass is 2030 g/mol. The normalized spacial score (nSPS) is 12.9. The van der Waals surface area contributed by atoms with E-state index in [1.807, 2.05) is 78.9 Å². The summed E-state index contributed by atoms with van der Waals surface area (Å²) in [7, 11) is 18.1. The van der Waals surface area contributed by atoms with Gasteiger partial charge in [0, 0.05) is 86.5 Å². The van der Waals surface area contributed by atoms with Gasteiger partial charge in [-0.1, -0.05) is 94.7 Å². The highest BCUT2D eigenvalue weighted by molar-refractivity contribution is 9.10. The first-order valence-corrected chi connectivity index (χ1v) is 44.2. The molecule has 3 aromatic carbocycles. The number of carbonyl (C=O) groups excluding carboxylic acids is 12. The van der Waals surface area contributed by atoms with Gasteiger partial charge in [0.15, 0.2) is 0 Å². The molecule has 0 aliphatic carbocycles. The van der Waals surface area contributed by atoms with E-state index in [4.69, 9.17) is 49.3 Å². The zero-order valence-corrected chi connectivity index (χ0v) is 82.8. The first-order chi connectivity index (χ1) is 67.7. The number of aliphatic hydroxyl groups excluding tert-OH is 1. The Hall–Kier alpha value is -14.2. The minimum absolute atomic E-state index is 0.0237. The number of esters is 12. The van der Waals surface area contributed by atoms with E-state index in [9.17, 15) is 72.2 Å². The molecule has 0 spiro atoms. The Morgan fingerprint density at radius 2 is 0.716 bits per heavy atom. The van der Waals surface area contributed by atoms with Crippen LogP contribution in [0.4, 0.5) is 0 Å². The Morgan fingerprint density at radius 1 is 0.418 bits per heavy atom. The summed E-state index contributed by atoms with van der Waals surface area (Å²) in [6.07, 6.45) is 14.5. The zero-order chi connectivity index (χ0) is 104. The Balaban J connectivity index is 0.000000442. The van der Waals surface area contributed by atoms with Crippen LogP contribution in [0.2, 0.25) is 0 Å². The van der Waals surface area contributed by atoms with Gasteiger partial charge in [-0.2, -0.15) is 0 Å². The van der Waals surface area contributed by atoms with Crippen LogP contribution in [0.5, 0.6) is 11.5 Å². The summed E-state index contributed by atoms with van der Waals surface area (Å²) >= 11 is 3.41. The van der Waals surface area contributed by atoms with Crippen LogP contribution in [-0.2, 0) is 175 Å². The number of carbonyl (C=O) groups is 12. The van der Waals surface area contributed by atoms with E-state index in [0.717, 1.165) is 21.3 Å². The van der Waals surface area contributed by atoms with E-state index in [0.29, 0.717) is 86.9 Å². The number of nitrogens with zero attached hydrogens (tertiary/aromatic N) is 11. The lowest BCUT2D eigenvalue weighted by Gasteiger charge is -2.37. The maximum atomic E-state index is 13.9. The van der Waals surface area contributed by atoms with E-state index in [1.165, 1.54) is 132 Å². The fraction of sp³-hybridized carbons (Fsp3) is 0.439. The number of hydrogen-bond acceptors (Lipinski definition) is 40. The molecule has 1 N–H and O–H groups in total. The molecule has 0 radical (unpaired) electrons. The molecule has 7 aromatic rings. The number of halogens is 1. The summed E-state index contributed by atoms with van der Waals surface area (Å²) in [4.78, 5) is 192. The Labute approximate surface area is 825 Å². The second kappa shape index (κ2) is 62.7. The Morgan fingerprint density at radius 3 is 1.01 bits per heavy atom. The van der Waals surface area contributed by atoms with Crippen molar-refractivity contribution in [3.8, 4) is 48.5 Å². The minimum Gasteiger partial charge on any atom is -0.497 e. The molecule has 1 aliphatic rings. The molecule has 42 nitrogen and oxygen atoms in total. The predicted molar refractivity (Wildman–Crippen MR) is 507 cm³/mol. The number of aliphatic hydroxyl groups is 1. The number of aromatic nitrogens is 5. The average molecular weight is 2030 g/mol. The molecule has 0 amide bonds. The van der Waals surface area contributed by atoms with Crippen molar-refractivity contribution in [2.45, 2.75) is 102 Å². The van der Waals surface area contributed by atoms with Crippen molar-refractivity contribution in [3.63, 3.8) is 0 Å². The van der Waals surface area contributed by atoms with Gasteiger partial charge in [0.1, 0.15) is 29.4 Å². The van der Waals surface area contributed by atoms with Crippen LogP contribution in [0, 0.1) is 37.0 Å². The van der Waals surface area contributed by atoms with Crippen molar-refractivity contribution in [2.24, 2.45) is 0 Å². The standard InChI is InChI=1S/C56H65N5O15.C21H27N3O8.C19H26BrN3O8.C2H2/c1-69-45-22-18-41(19-23-45)56(40-16-12-10-13-17-40,42-20-24-46(70-2)25-21-42)75-38-48-47(62)31-50(76-48)61-28-26-49(63)60(55(61)68)27-14-9-7-8-11-15-39-29-43(32-58(34-51(64)71-3)35-52(65)72-4)57-44(30-39)33-59(36-53(66)73-5)37-54(67)74-6;1-6-15-7-16(9-23(11-18(25)29-2)12-19(26)30-3)22-17(8-15)10-24(13-20(27)31-4)14-21(28)32-5;1-28-16(24)9-22(10-17(25)29-2)7-14-5-13(20)6-15(21-14)8-23(11-18(26)30-3)12-19(27)31-4;1-2/h10,12-13,16-26,28-30,47-48,50,62H,7-9,14,27,31-38H2,1-6H3;1,7-8H,9-14H2,2-5H3;5-6H,7-12H2,1-4H3;1-2H/t47?,48-,50-;;;/m1.../s1. The minimum atomic E-state index is -1.17. The Kier molecular flexibility index (Phi) is 52.2. The van der Waals surface area contributed by atoms with Crippen LogP contribution in [0.3, 0.4) is 0 Å². The summed E-state index contributed by atoms with van der Waals surface area (Å²) in [5, 5.41) is 11.4. The highest BCUT2D eigenvalue weighted by atomic mass is 79.9. The van der Waals surface area contributed by atoms with E-state index in [1.54, 1.807) is 50.6 Å². The maximum absolute atomic E-state index is 13.9. The van der Waals surface area contributed by atoms with Gasteiger partial charge in [-0.05, 0) is 90.2 Å². The SMILES string of the molecule is C#C.C#Cc1cc(CN(CC(=O)OC)CC(=O)OC)nc(CN(CC(=O)OC)CC(=O)OC)c1.COC(=O)CN(CC(=O)OC)Cc1cc(Br)cc(CN(CC(=O)OC)CC(=O)OC)n1.COC(=O)CN(CC(=O)OC)Cc1cc(C#CCCCCCn2c(=O)ccn([C@H]3CC(O)[C@@H](COC(c4ccccc4)(c4ccc(OC)cc4)c4ccc(OC)cc4)O3)c2=O)cc(CN(CC(=O)OC)CC(=O)OC)n1. The second-order valence-electron chi connectivity index (χ2n) is 30.7. The highest BCUT2D eigenvalue weighted by Crippen LogP contribution is 2.43. The molecule has 4 aromatic heterocycles. The van der Waals surface area contributed by atoms with Crippen molar-refractivity contribution in [1.82, 2.24) is 53.5 Å². The van der Waals surface area contributed by atoms with Crippen LogP contribution in [0.1, 0.15) is 100 Å². The van der Waals surface area contributed by atoms with Crippen LogP contribution < -0.4 is 20.7 Å². The quantitative estimate of drug-likeness (QED) is 0.0186. The van der Waals surface area contributed by atoms with Gasteiger partial charge < -0.3 is 80.9 Å². The van der Waals surface area contributed by atoms with E-state index in [2.05, 4.69) is 94.4 Å². The fourth-order valence-electron chi connectivity index (χ4n) is 14.0. The number of methoxy groups -OCH3 is 14. The molecular formula is C98H120BrN11O31. The third kappa shape index (κ3) is 40.3. The number of terminal acetylenes is 2. The number of hydrogen-bond donors (Lipinski definition) is 1. The number of unbranched alkanes of at least 4 members (excludes halogenated alkanes) is 3. The first kappa shape index (κ1) is 117. The molecule has 0 bridgehead atoms. The zero-order valence-electron chi connectivity index (χ0n) is 81.3. The molecule has 1 fully saturated rings. The Bertz CT molecular complexity index is 5210. The highest BCUT2D eigenvalue weighted by Gasteiger charge is 2.43. The average Bonchev–Trinajstić information content (AvgIpc) is 1.75. The third-order valence-corrected chi connectivity index (χ3v) is 21.3. The molecule has 1 aliphatic heterocycles. The molecule has 0 saturated carbocycles. The topological polar surface area (TPSA) is 475 Å². The van der Waals surface area contributed by atoms with Crippen molar-refractivity contribution >= 4 is 87.6 Å². The predicted octanol–water partition coefficient (Wildman–Crippen LogP) is 3.74. The first-order valence-electron chi connectivity index (χ1n) is 43.4. The summed E-state index contributed by atoms with van der Waals surface area (Å²) in [6, 6.07) is 36.4. The van der Waals surface area contributed by atoms with Crippen molar-refractivity contribution < 1.29 is 138 Å². The largest absolute Gasteiger partial charge is 0.497 e. The van der Waals surface area contributed by atoms with E-state index >= 15 is 0 Å². The summed E-state index contributed by atoms with van der Waals surface area (Å²) in [5.74, 6) is 3.64. The van der Waals surface area contributed by atoms with Crippen LogP contribution >= 0.6 is 15.9 Å². The lowest BCUT2D eigenvalue weighted by molar-refractivity contribution is -0.147. The molecule has 3 atom stereocenters. The molecule has 141 heavy (non-hydrogen) atoms. The molecule has 43 heteroatoms. The molecule has 5 heterocycles. The van der Waals surface area contributed by atoms with Gasteiger partial charge in [0.25, 0.3) is 5.56 Å². The summed E-state index contributed by atoms with van der Waals surface area (Å²) < 4.78 is 84.2. The van der Waals surface area contributed by atoms with Gasteiger partial charge in [-0.15, -0.1) is 19.3 Å². The van der Waals surface area contributed by atoms with E-state index in [-0.39, 0.29) is 137 Å². The van der Waals surface area contributed by atoms with Gasteiger partial charge in [-0.3, -0.25) is 116 Å². The number of pyridine rings is 3. The summed E-state index contributed by atoms with van der Waals surface area (Å²) in [5.41, 5.74) is 4.17. The van der Waals surface area contributed by atoms with Gasteiger partial charge in [-0.25, -0.2) is 4.79 Å². The molecule has 1 saturated heterocycles. The van der Waals surface area contributed by atoms with Gasteiger partial charge >= 0.3 is 77.3 Å². The van der Waals surface area contributed by atoms with Crippen LogP contribution in [0.15, 0.2) is 142 Å². The van der Waals surface area contributed by atoms with Gasteiger partial charge in [0.2, 0.25) is 0 Å². The van der Waals surface area contributed by atoms with Crippen molar-refractivity contribution in [1.29, 1.82) is 0 Å². The van der Waals surface area contributed by atoms with Gasteiger partial charge in [0.05, 0.1) is 225 Å². The molecular weight excluding hydrogens is 1910 g/mol. The summed E-state index contributed by atoms with van der Waals surface area (Å²) in [6.45, 7) is -1.51.